The van der Waals surface area contributed by atoms with Crippen LogP contribution in [0, 0.1) is 6.92 Å². The van der Waals surface area contributed by atoms with Crippen LogP contribution in [-0.4, -0.2) is 36.1 Å². The number of carbonyl (C=O) groups is 1. The summed E-state index contributed by atoms with van der Waals surface area (Å²) in [6.07, 6.45) is -3.64. The van der Waals surface area contributed by atoms with Crippen LogP contribution in [0.5, 0.6) is 11.5 Å². The summed E-state index contributed by atoms with van der Waals surface area (Å²) in [5.74, 6) is 0.246. The number of alkyl halides is 3. The van der Waals surface area contributed by atoms with E-state index in [1.807, 2.05) is 19.1 Å². The van der Waals surface area contributed by atoms with E-state index >= 15 is 0 Å². The number of nitrogens with one attached hydrogen (secondary N) is 2. The van der Waals surface area contributed by atoms with Crippen molar-refractivity contribution in [2.45, 2.75) is 31.6 Å². The number of carbonyl (C=O) groups excluding carboxylic acids is 1. The molecule has 0 saturated carbocycles. The Hall–Kier alpha value is -3.69. The average molecular weight is 460 g/mol. The van der Waals surface area contributed by atoms with Crippen LogP contribution in [0.3, 0.4) is 0 Å². The number of ether oxygens (including phenoxy) is 2. The van der Waals surface area contributed by atoms with Crippen LogP contribution >= 0.6 is 0 Å². The maximum absolute atomic E-state index is 13.9. The highest BCUT2D eigenvalue weighted by Gasteiger charge is 2.47. The summed E-state index contributed by atoms with van der Waals surface area (Å²) in [7, 11) is 2.93. The van der Waals surface area contributed by atoms with Gasteiger partial charge in [-0.1, -0.05) is 29.8 Å². The Morgan fingerprint density at radius 1 is 1.15 bits per heavy atom. The van der Waals surface area contributed by atoms with E-state index in [2.05, 4.69) is 15.7 Å². The SMILES string of the molecule is COc1ccc(OC)c(NC(=O)c2cnn3c2N[C@H](c2ccc(C)cc2)C[C@@H]3C(F)(F)F)c1. The number of anilines is 2. The van der Waals surface area contributed by atoms with Crippen molar-refractivity contribution in [2.24, 2.45) is 0 Å². The molecular formula is C23H23F3N4O3. The first-order valence-electron chi connectivity index (χ1n) is 10.2. The van der Waals surface area contributed by atoms with Crippen molar-refractivity contribution >= 4 is 17.4 Å². The minimum atomic E-state index is -4.53. The zero-order valence-corrected chi connectivity index (χ0v) is 18.2. The maximum Gasteiger partial charge on any atom is 0.410 e. The first-order chi connectivity index (χ1) is 15.7. The minimum absolute atomic E-state index is 0.00788. The third-order valence-electron chi connectivity index (χ3n) is 5.62. The van der Waals surface area contributed by atoms with Gasteiger partial charge in [-0.05, 0) is 24.6 Å². The molecule has 0 spiro atoms. The van der Waals surface area contributed by atoms with E-state index in [1.54, 1.807) is 30.3 Å². The van der Waals surface area contributed by atoms with Crippen molar-refractivity contribution in [2.75, 3.05) is 24.9 Å². The molecule has 1 aromatic heterocycles. The third-order valence-corrected chi connectivity index (χ3v) is 5.62. The van der Waals surface area contributed by atoms with Gasteiger partial charge in [-0.15, -0.1) is 0 Å². The molecule has 2 aromatic carbocycles. The lowest BCUT2D eigenvalue weighted by molar-refractivity contribution is -0.173. The summed E-state index contributed by atoms with van der Waals surface area (Å²) in [5, 5.41) is 9.67. The van der Waals surface area contributed by atoms with Crippen LogP contribution in [0.25, 0.3) is 0 Å². The van der Waals surface area contributed by atoms with E-state index < -0.39 is 24.2 Å². The lowest BCUT2D eigenvalue weighted by Gasteiger charge is -2.34. The Morgan fingerprint density at radius 3 is 2.52 bits per heavy atom. The molecule has 2 atom stereocenters. The van der Waals surface area contributed by atoms with Gasteiger partial charge in [0.25, 0.3) is 5.91 Å². The molecule has 3 aromatic rings. The van der Waals surface area contributed by atoms with Crippen LogP contribution in [0.1, 0.15) is 40.0 Å². The Morgan fingerprint density at radius 2 is 1.88 bits per heavy atom. The summed E-state index contributed by atoms with van der Waals surface area (Å²) in [4.78, 5) is 13.1. The number of aryl methyl sites for hydroxylation is 1. The largest absolute Gasteiger partial charge is 0.497 e. The van der Waals surface area contributed by atoms with Crippen molar-refractivity contribution < 1.29 is 27.4 Å². The number of hydrogen-bond donors (Lipinski definition) is 2. The lowest BCUT2D eigenvalue weighted by atomic mass is 9.96. The number of halogens is 3. The van der Waals surface area contributed by atoms with Gasteiger partial charge >= 0.3 is 6.18 Å². The van der Waals surface area contributed by atoms with E-state index in [-0.39, 0.29) is 17.8 Å². The molecule has 1 aliphatic heterocycles. The van der Waals surface area contributed by atoms with Gasteiger partial charge < -0.3 is 20.1 Å². The Balaban J connectivity index is 1.69. The summed E-state index contributed by atoms with van der Waals surface area (Å²) in [6.45, 7) is 1.90. The molecule has 0 fully saturated rings. The second kappa shape index (κ2) is 8.68. The fourth-order valence-electron chi connectivity index (χ4n) is 3.85. The number of amides is 1. The summed E-state index contributed by atoms with van der Waals surface area (Å²) >= 11 is 0. The molecule has 1 aliphatic rings. The molecule has 7 nitrogen and oxygen atoms in total. The summed E-state index contributed by atoms with van der Waals surface area (Å²) in [6, 6.07) is 9.59. The standard InChI is InChI=1S/C23H23F3N4O3/c1-13-4-6-14(7-5-13)17-11-20(23(24,25)26)30-21(28-17)16(12-27-30)22(31)29-18-10-15(32-2)8-9-19(18)33-3/h4-10,12,17,20,28H,11H2,1-3H3,(H,29,31)/t17-,20+/m0/s1. The van der Waals surface area contributed by atoms with Crippen molar-refractivity contribution in [3.05, 3.63) is 65.4 Å². The highest BCUT2D eigenvalue weighted by molar-refractivity contribution is 6.08. The molecule has 174 valence electrons. The van der Waals surface area contributed by atoms with E-state index in [9.17, 15) is 18.0 Å². The van der Waals surface area contributed by atoms with Gasteiger partial charge in [0.2, 0.25) is 0 Å². The van der Waals surface area contributed by atoms with Gasteiger partial charge in [-0.2, -0.15) is 18.3 Å². The monoisotopic (exact) mass is 460 g/mol. The average Bonchev–Trinajstić information content (AvgIpc) is 3.22. The van der Waals surface area contributed by atoms with Crippen molar-refractivity contribution in [1.29, 1.82) is 0 Å². The molecule has 0 saturated heterocycles. The number of nitrogens with zero attached hydrogens (tertiary/aromatic N) is 2. The minimum Gasteiger partial charge on any atom is -0.497 e. The number of benzene rings is 2. The summed E-state index contributed by atoms with van der Waals surface area (Å²) < 4.78 is 53.0. The zero-order chi connectivity index (χ0) is 23.8. The fraction of sp³-hybridized carbons (Fsp3) is 0.304. The fourth-order valence-corrected chi connectivity index (χ4v) is 3.85. The predicted molar refractivity (Wildman–Crippen MR) is 117 cm³/mol. The lowest BCUT2D eigenvalue weighted by Crippen LogP contribution is -2.36. The topological polar surface area (TPSA) is 77.4 Å². The van der Waals surface area contributed by atoms with E-state index in [4.69, 9.17) is 9.47 Å². The molecule has 2 N–H and O–H groups in total. The Kier molecular flexibility index (Phi) is 5.92. The first-order valence-corrected chi connectivity index (χ1v) is 10.2. The zero-order valence-electron chi connectivity index (χ0n) is 18.2. The molecule has 0 unspecified atom stereocenters. The molecule has 10 heteroatoms. The predicted octanol–water partition coefficient (Wildman–Crippen LogP) is 5.12. The second-order valence-electron chi connectivity index (χ2n) is 7.77. The number of methoxy groups -OCH3 is 2. The highest BCUT2D eigenvalue weighted by atomic mass is 19.4. The van der Waals surface area contributed by atoms with Crippen LogP contribution in [0.4, 0.5) is 24.7 Å². The van der Waals surface area contributed by atoms with Crippen LogP contribution in [0.2, 0.25) is 0 Å². The normalized spacial score (nSPS) is 17.6. The van der Waals surface area contributed by atoms with Crippen molar-refractivity contribution in [1.82, 2.24) is 9.78 Å². The van der Waals surface area contributed by atoms with E-state index in [0.717, 1.165) is 16.4 Å². The van der Waals surface area contributed by atoms with Crippen molar-refractivity contribution in [3.8, 4) is 11.5 Å². The highest BCUT2D eigenvalue weighted by Crippen LogP contribution is 2.44. The molecular weight excluding hydrogens is 437 g/mol. The van der Waals surface area contributed by atoms with Gasteiger partial charge in [0.1, 0.15) is 22.9 Å². The third kappa shape index (κ3) is 4.46. The van der Waals surface area contributed by atoms with Gasteiger partial charge in [0.15, 0.2) is 6.04 Å². The molecule has 2 heterocycles. The quantitative estimate of drug-likeness (QED) is 0.553. The number of aromatic nitrogens is 2. The molecule has 33 heavy (non-hydrogen) atoms. The molecule has 0 radical (unpaired) electrons. The number of rotatable bonds is 5. The first kappa shape index (κ1) is 22.5. The molecule has 0 aliphatic carbocycles. The molecule has 4 rings (SSSR count). The van der Waals surface area contributed by atoms with Crippen molar-refractivity contribution in [3.63, 3.8) is 0 Å². The Bertz CT molecular complexity index is 1160. The maximum atomic E-state index is 13.9. The second-order valence-corrected chi connectivity index (χ2v) is 7.77. The summed E-state index contributed by atoms with van der Waals surface area (Å²) in [5.41, 5.74) is 2.01. The van der Waals surface area contributed by atoms with Gasteiger partial charge in [-0.25, -0.2) is 4.68 Å². The molecule has 1 amide bonds. The smallest absolute Gasteiger partial charge is 0.410 e. The Labute approximate surface area is 188 Å². The van der Waals surface area contributed by atoms with Crippen LogP contribution in [0.15, 0.2) is 48.7 Å². The molecule has 0 bridgehead atoms. The van der Waals surface area contributed by atoms with E-state index in [0.29, 0.717) is 22.7 Å². The van der Waals surface area contributed by atoms with Gasteiger partial charge in [0, 0.05) is 12.5 Å². The van der Waals surface area contributed by atoms with Crippen LogP contribution in [-0.2, 0) is 0 Å². The van der Waals surface area contributed by atoms with Crippen LogP contribution < -0.4 is 20.1 Å². The number of hydrogen-bond acceptors (Lipinski definition) is 5. The van der Waals surface area contributed by atoms with Gasteiger partial charge in [0.05, 0.1) is 32.1 Å². The van der Waals surface area contributed by atoms with E-state index in [1.165, 1.54) is 14.2 Å². The van der Waals surface area contributed by atoms with Gasteiger partial charge in [-0.3, -0.25) is 4.79 Å². The number of fused-ring (bicyclic) bond motifs is 1.